The van der Waals surface area contributed by atoms with Crippen molar-refractivity contribution in [1.29, 1.82) is 0 Å². The van der Waals surface area contributed by atoms with Gasteiger partial charge in [-0.3, -0.25) is 5.21 Å². The minimum Gasteiger partial charge on any atom is -0.858 e. The van der Waals surface area contributed by atoms with Gasteiger partial charge in [-0.15, -0.1) is 0 Å². The van der Waals surface area contributed by atoms with E-state index in [0.29, 0.717) is 17.3 Å². The zero-order valence-electron chi connectivity index (χ0n) is 13.2. The molecule has 1 N–H and O–H groups in total. The molecule has 2 aliphatic heterocycles. The molecule has 9 heteroatoms. The summed E-state index contributed by atoms with van der Waals surface area (Å²) >= 11 is 0. The number of hydrogen-bond donors (Lipinski definition) is 1. The van der Waals surface area contributed by atoms with Crippen LogP contribution in [0.1, 0.15) is 17.5 Å². The maximum absolute atomic E-state index is 14.3. The Bertz CT molecular complexity index is 896. The molecule has 2 heterocycles. The van der Waals surface area contributed by atoms with Gasteiger partial charge in [0, 0.05) is 11.2 Å². The van der Waals surface area contributed by atoms with Crippen LogP contribution < -0.4 is 15.1 Å². The minimum absolute atomic E-state index is 0.0327. The molecular weight excluding hydrogens is 354 g/mol. The van der Waals surface area contributed by atoms with Gasteiger partial charge in [-0.1, -0.05) is 12.1 Å². The Morgan fingerprint density at radius 2 is 1.65 bits per heavy atom. The van der Waals surface area contributed by atoms with Crippen LogP contribution in [0.4, 0.5) is 28.9 Å². The number of halogens is 4. The van der Waals surface area contributed by atoms with E-state index in [-0.39, 0.29) is 23.5 Å². The van der Waals surface area contributed by atoms with Gasteiger partial charge < -0.3 is 5.11 Å². The molecule has 0 unspecified atom stereocenters. The lowest BCUT2D eigenvalue weighted by atomic mass is 10.0. The van der Waals surface area contributed by atoms with Gasteiger partial charge in [0.05, 0.1) is 16.9 Å². The first kappa shape index (κ1) is 16.7. The van der Waals surface area contributed by atoms with E-state index < -0.39 is 23.4 Å². The molecule has 0 aromatic heterocycles. The fourth-order valence-corrected chi connectivity index (χ4v) is 3.19. The van der Waals surface area contributed by atoms with E-state index in [2.05, 4.69) is 0 Å². The molecule has 0 saturated carbocycles. The van der Waals surface area contributed by atoms with Gasteiger partial charge in [-0.2, -0.15) is 13.2 Å². The van der Waals surface area contributed by atoms with Crippen LogP contribution in [-0.4, -0.2) is 10.5 Å². The Kier molecular flexibility index (Phi) is 3.60. The van der Waals surface area contributed by atoms with E-state index >= 15 is 0 Å². The number of aryl methyl sites for hydroxylation is 1. The lowest BCUT2D eigenvalue weighted by Crippen LogP contribution is -2.46. The van der Waals surface area contributed by atoms with Crippen molar-refractivity contribution in [2.75, 3.05) is 10.0 Å². The fourth-order valence-electron chi connectivity index (χ4n) is 3.19. The number of benzene rings is 2. The van der Waals surface area contributed by atoms with Gasteiger partial charge in [0.15, 0.2) is 0 Å². The maximum Gasteiger partial charge on any atom is 0.416 e. The van der Waals surface area contributed by atoms with E-state index in [4.69, 9.17) is 0 Å². The SMILES string of the molecule is [O-]C1=C2CCc3cccc(F)c3N2N(O)N1c1ccc(C(F)(F)F)cc1. The number of hydrazine groups is 2. The van der Waals surface area contributed by atoms with Crippen LogP contribution in [0, 0.1) is 5.82 Å². The summed E-state index contributed by atoms with van der Waals surface area (Å²) in [4.78, 5) is 0. The highest BCUT2D eigenvalue weighted by Gasteiger charge is 2.39. The third kappa shape index (κ3) is 2.39. The van der Waals surface area contributed by atoms with Gasteiger partial charge in [0.2, 0.25) is 0 Å². The van der Waals surface area contributed by atoms with Gasteiger partial charge in [0.25, 0.3) is 0 Å². The summed E-state index contributed by atoms with van der Waals surface area (Å²) in [6.45, 7) is 0. The molecule has 0 fully saturated rings. The highest BCUT2D eigenvalue weighted by atomic mass is 19.4. The summed E-state index contributed by atoms with van der Waals surface area (Å²) in [6, 6.07) is 8.21. The zero-order chi connectivity index (χ0) is 18.6. The maximum atomic E-state index is 14.3. The molecule has 0 radical (unpaired) electrons. The molecule has 4 rings (SSSR count). The fraction of sp³-hybridized carbons (Fsp3) is 0.176. The van der Waals surface area contributed by atoms with Crippen LogP contribution in [0.15, 0.2) is 54.0 Å². The molecular formula is C17H12F4N3O2-. The van der Waals surface area contributed by atoms with Crippen molar-refractivity contribution in [3.05, 3.63) is 71.0 Å². The number of fused-ring (bicyclic) bond motifs is 3. The number of nitrogens with zero attached hydrogens (tertiary/aromatic N) is 3. The van der Waals surface area contributed by atoms with Crippen molar-refractivity contribution in [2.24, 2.45) is 0 Å². The number of hydrogen-bond acceptors (Lipinski definition) is 5. The van der Waals surface area contributed by atoms with Gasteiger partial charge >= 0.3 is 6.18 Å². The van der Waals surface area contributed by atoms with Gasteiger partial charge in [0.1, 0.15) is 11.5 Å². The average molecular weight is 366 g/mol. The second-order valence-corrected chi connectivity index (χ2v) is 5.94. The lowest BCUT2D eigenvalue weighted by molar-refractivity contribution is -0.314. The van der Waals surface area contributed by atoms with Crippen molar-refractivity contribution < 1.29 is 27.9 Å². The van der Waals surface area contributed by atoms with Crippen molar-refractivity contribution in [3.63, 3.8) is 0 Å². The van der Waals surface area contributed by atoms with E-state index in [9.17, 15) is 27.9 Å². The van der Waals surface area contributed by atoms with Gasteiger partial charge in [-0.05, 0) is 48.7 Å². The van der Waals surface area contributed by atoms with Crippen molar-refractivity contribution in [3.8, 4) is 0 Å². The number of anilines is 2. The second kappa shape index (κ2) is 5.61. The molecule has 0 aliphatic carbocycles. The summed E-state index contributed by atoms with van der Waals surface area (Å²) in [5.74, 6) is -1.23. The van der Waals surface area contributed by atoms with E-state index in [1.807, 2.05) is 0 Å². The largest absolute Gasteiger partial charge is 0.858 e. The summed E-state index contributed by atoms with van der Waals surface area (Å²) in [5, 5.41) is 25.4. The molecule has 2 aliphatic rings. The van der Waals surface area contributed by atoms with Crippen LogP contribution in [0.25, 0.3) is 0 Å². The van der Waals surface area contributed by atoms with Crippen LogP contribution in [0.5, 0.6) is 0 Å². The van der Waals surface area contributed by atoms with E-state index in [0.717, 1.165) is 34.3 Å². The monoisotopic (exact) mass is 366 g/mol. The summed E-state index contributed by atoms with van der Waals surface area (Å²) in [5.41, 5.74) is -0.0247. The van der Waals surface area contributed by atoms with E-state index in [1.165, 1.54) is 12.1 Å². The number of rotatable bonds is 1. The van der Waals surface area contributed by atoms with Crippen molar-refractivity contribution in [1.82, 2.24) is 5.28 Å². The van der Waals surface area contributed by atoms with Crippen LogP contribution >= 0.6 is 0 Å². The molecule has 0 bridgehead atoms. The average Bonchev–Trinajstić information content (AvgIpc) is 2.85. The Morgan fingerprint density at radius 3 is 2.31 bits per heavy atom. The Hall–Kier alpha value is -2.78. The molecule has 0 saturated heterocycles. The summed E-state index contributed by atoms with van der Waals surface area (Å²) < 4.78 is 52.4. The van der Waals surface area contributed by atoms with Gasteiger partial charge in [-0.25, -0.2) is 14.4 Å². The number of para-hydroxylation sites is 1. The molecule has 2 aromatic carbocycles. The van der Waals surface area contributed by atoms with Crippen LogP contribution in [0.3, 0.4) is 0 Å². The second-order valence-electron chi connectivity index (χ2n) is 5.94. The van der Waals surface area contributed by atoms with Crippen molar-refractivity contribution >= 4 is 11.4 Å². The highest BCUT2D eigenvalue weighted by molar-refractivity contribution is 5.66. The third-order valence-electron chi connectivity index (χ3n) is 4.41. The molecule has 26 heavy (non-hydrogen) atoms. The smallest absolute Gasteiger partial charge is 0.416 e. The topological polar surface area (TPSA) is 53.0 Å². The molecule has 2 aromatic rings. The first-order valence-electron chi connectivity index (χ1n) is 7.73. The first-order chi connectivity index (χ1) is 12.3. The quantitative estimate of drug-likeness (QED) is 0.786. The minimum atomic E-state index is -4.51. The van der Waals surface area contributed by atoms with Crippen LogP contribution in [0.2, 0.25) is 0 Å². The molecule has 0 atom stereocenters. The molecule has 5 nitrogen and oxygen atoms in total. The number of allylic oxidation sites excluding steroid dienone is 1. The Labute approximate surface area is 145 Å². The first-order valence-corrected chi connectivity index (χ1v) is 7.73. The predicted molar refractivity (Wildman–Crippen MR) is 81.8 cm³/mol. The van der Waals surface area contributed by atoms with E-state index in [1.54, 1.807) is 6.07 Å². The molecule has 0 amide bonds. The molecule has 136 valence electrons. The summed E-state index contributed by atoms with van der Waals surface area (Å²) in [7, 11) is 0. The summed E-state index contributed by atoms with van der Waals surface area (Å²) in [6.07, 6.45) is -3.83. The molecule has 0 spiro atoms. The van der Waals surface area contributed by atoms with Crippen molar-refractivity contribution in [2.45, 2.75) is 19.0 Å². The Morgan fingerprint density at radius 1 is 0.962 bits per heavy atom. The number of alkyl halides is 3. The third-order valence-corrected chi connectivity index (χ3v) is 4.41. The zero-order valence-corrected chi connectivity index (χ0v) is 13.2. The normalized spacial score (nSPS) is 17.6. The van der Waals surface area contributed by atoms with Crippen LogP contribution in [-0.2, 0) is 12.6 Å². The highest BCUT2D eigenvalue weighted by Crippen LogP contribution is 2.42. The lowest BCUT2D eigenvalue weighted by Gasteiger charge is -2.35. The Balaban J connectivity index is 1.75. The predicted octanol–water partition coefficient (Wildman–Crippen LogP) is 3.17. The standard InChI is InChI=1S/C17H13F4N3O2/c18-13-3-1-2-10-4-9-14-16(25)22(24(26)23(14)15(10)13)12-7-5-11(6-8-12)17(19,20)21/h1-3,5-8,25-26H,4,9H2/p-1.